The molecule has 2 heterocycles. The van der Waals surface area contributed by atoms with E-state index in [1.165, 1.54) is 17.5 Å². The Hall–Kier alpha value is -2.40. The Labute approximate surface area is 140 Å². The molecule has 0 bridgehead atoms. The van der Waals surface area contributed by atoms with Gasteiger partial charge in [-0.1, -0.05) is 0 Å². The van der Waals surface area contributed by atoms with Crippen LogP contribution in [0.3, 0.4) is 0 Å². The number of aromatic amines is 1. The van der Waals surface area contributed by atoms with Crippen molar-refractivity contribution in [1.82, 2.24) is 19.4 Å². The molecule has 5 nitrogen and oxygen atoms in total. The predicted octanol–water partition coefficient (Wildman–Crippen LogP) is 2.38. The van der Waals surface area contributed by atoms with Crippen LogP contribution in [0.4, 0.5) is 0 Å². The van der Waals surface area contributed by atoms with E-state index in [0.717, 1.165) is 35.1 Å². The molecule has 1 aromatic carbocycles. The van der Waals surface area contributed by atoms with Gasteiger partial charge in [0.1, 0.15) is 5.82 Å². The Morgan fingerprint density at radius 1 is 1.21 bits per heavy atom. The van der Waals surface area contributed by atoms with Gasteiger partial charge in [-0.3, -0.25) is 9.69 Å². The van der Waals surface area contributed by atoms with Gasteiger partial charge in [0, 0.05) is 37.1 Å². The Kier molecular flexibility index (Phi) is 3.73. The number of fused-ring (bicyclic) bond motifs is 2. The summed E-state index contributed by atoms with van der Waals surface area (Å²) in [4.78, 5) is 22.0. The predicted molar refractivity (Wildman–Crippen MR) is 95.0 cm³/mol. The lowest BCUT2D eigenvalue weighted by molar-refractivity contribution is 0.306. The van der Waals surface area contributed by atoms with Crippen molar-refractivity contribution in [2.24, 2.45) is 7.05 Å². The number of imidazole rings is 1. The summed E-state index contributed by atoms with van der Waals surface area (Å²) in [5.41, 5.74) is 4.58. The third-order valence-electron chi connectivity index (χ3n) is 4.91. The lowest BCUT2D eigenvalue weighted by Gasteiger charge is -2.16. The van der Waals surface area contributed by atoms with E-state index in [1.54, 1.807) is 6.20 Å². The maximum atomic E-state index is 12.4. The molecular formula is C19H22N4O. The molecule has 1 aliphatic carbocycles. The van der Waals surface area contributed by atoms with Crippen molar-refractivity contribution < 1.29 is 0 Å². The number of nitrogens with zero attached hydrogens (tertiary/aromatic N) is 3. The number of hydrogen-bond donors (Lipinski definition) is 1. The largest absolute Gasteiger partial charge is 0.337 e. The maximum absolute atomic E-state index is 12.4. The van der Waals surface area contributed by atoms with E-state index < -0.39 is 0 Å². The molecule has 0 unspecified atom stereocenters. The molecule has 0 spiro atoms. The zero-order valence-corrected chi connectivity index (χ0v) is 14.2. The summed E-state index contributed by atoms with van der Waals surface area (Å²) >= 11 is 0. The molecule has 2 aromatic heterocycles. The fourth-order valence-electron chi connectivity index (χ4n) is 3.58. The van der Waals surface area contributed by atoms with Crippen molar-refractivity contribution in [2.75, 3.05) is 7.05 Å². The van der Waals surface area contributed by atoms with Crippen LogP contribution < -0.4 is 5.56 Å². The van der Waals surface area contributed by atoms with Gasteiger partial charge in [0.15, 0.2) is 0 Å². The Bertz CT molecular complexity index is 954. The number of aryl methyl sites for hydroxylation is 3. The minimum absolute atomic E-state index is 0.00661. The van der Waals surface area contributed by atoms with Crippen LogP contribution in [0.25, 0.3) is 10.9 Å². The second-order valence-electron chi connectivity index (χ2n) is 6.81. The summed E-state index contributed by atoms with van der Waals surface area (Å²) < 4.78 is 2.00. The van der Waals surface area contributed by atoms with Gasteiger partial charge in [0.2, 0.25) is 0 Å². The fourth-order valence-corrected chi connectivity index (χ4v) is 3.58. The van der Waals surface area contributed by atoms with Crippen molar-refractivity contribution in [2.45, 2.75) is 32.4 Å². The zero-order valence-electron chi connectivity index (χ0n) is 14.2. The third-order valence-corrected chi connectivity index (χ3v) is 4.91. The van der Waals surface area contributed by atoms with Gasteiger partial charge in [-0.25, -0.2) is 4.98 Å². The number of benzene rings is 1. The average Bonchev–Trinajstić information content (AvgIpc) is 3.15. The van der Waals surface area contributed by atoms with Gasteiger partial charge in [-0.15, -0.1) is 0 Å². The van der Waals surface area contributed by atoms with Gasteiger partial charge in [0.25, 0.3) is 5.56 Å². The van der Waals surface area contributed by atoms with E-state index in [0.29, 0.717) is 13.1 Å². The van der Waals surface area contributed by atoms with Gasteiger partial charge in [-0.05, 0) is 61.0 Å². The molecule has 0 saturated carbocycles. The van der Waals surface area contributed by atoms with E-state index in [1.807, 2.05) is 30.9 Å². The summed E-state index contributed by atoms with van der Waals surface area (Å²) in [5.74, 6) is 0.993. The molecule has 1 aliphatic rings. The van der Waals surface area contributed by atoms with E-state index >= 15 is 0 Å². The molecular weight excluding hydrogens is 300 g/mol. The SMILES string of the molecule is CN(Cc1cc2cc3c(cc2[nH]c1=O)CCC3)Cc1nccn1C. The molecule has 3 aromatic rings. The standard InChI is InChI=1S/C19H22N4O/c1-22(12-18-20-6-7-23(18)2)11-16-9-15-8-13-4-3-5-14(13)10-17(15)21-19(16)24/h6-10H,3-5,11-12H2,1-2H3,(H,21,24). The monoisotopic (exact) mass is 322 g/mol. The smallest absolute Gasteiger partial charge is 0.252 e. The maximum Gasteiger partial charge on any atom is 0.252 e. The summed E-state index contributed by atoms with van der Waals surface area (Å²) in [6, 6.07) is 6.44. The molecule has 0 fully saturated rings. The van der Waals surface area contributed by atoms with E-state index in [2.05, 4.69) is 27.0 Å². The van der Waals surface area contributed by atoms with Crippen LogP contribution in [0.5, 0.6) is 0 Å². The molecule has 24 heavy (non-hydrogen) atoms. The topological polar surface area (TPSA) is 53.9 Å². The molecule has 1 N–H and O–H groups in total. The molecule has 124 valence electrons. The van der Waals surface area contributed by atoms with Crippen molar-refractivity contribution in [3.8, 4) is 0 Å². The summed E-state index contributed by atoms with van der Waals surface area (Å²) in [5, 5.41) is 1.13. The average molecular weight is 322 g/mol. The minimum atomic E-state index is 0.00661. The number of hydrogen-bond acceptors (Lipinski definition) is 3. The summed E-state index contributed by atoms with van der Waals surface area (Å²) in [7, 11) is 4.00. The number of rotatable bonds is 4. The van der Waals surface area contributed by atoms with Crippen molar-refractivity contribution >= 4 is 10.9 Å². The van der Waals surface area contributed by atoms with E-state index in [-0.39, 0.29) is 5.56 Å². The van der Waals surface area contributed by atoms with Crippen molar-refractivity contribution in [3.63, 3.8) is 0 Å². The first-order chi connectivity index (χ1) is 11.6. The van der Waals surface area contributed by atoms with Gasteiger partial charge in [0.05, 0.1) is 6.54 Å². The molecule has 0 aliphatic heterocycles. The minimum Gasteiger partial charge on any atom is -0.337 e. The normalized spacial score (nSPS) is 13.8. The van der Waals surface area contributed by atoms with Crippen LogP contribution in [0.15, 0.2) is 35.4 Å². The zero-order chi connectivity index (χ0) is 16.7. The van der Waals surface area contributed by atoms with Crippen LogP contribution >= 0.6 is 0 Å². The molecule has 4 rings (SSSR count). The first-order valence-electron chi connectivity index (χ1n) is 8.42. The second kappa shape index (κ2) is 5.91. The van der Waals surface area contributed by atoms with Gasteiger partial charge >= 0.3 is 0 Å². The molecule has 0 radical (unpaired) electrons. The molecule has 0 atom stereocenters. The fraction of sp³-hybridized carbons (Fsp3) is 0.368. The van der Waals surface area contributed by atoms with Crippen LogP contribution in [0.2, 0.25) is 0 Å². The Morgan fingerprint density at radius 2 is 2.00 bits per heavy atom. The lowest BCUT2D eigenvalue weighted by atomic mass is 10.0. The highest BCUT2D eigenvalue weighted by molar-refractivity contribution is 5.81. The van der Waals surface area contributed by atoms with E-state index in [4.69, 9.17) is 0 Å². The van der Waals surface area contributed by atoms with Gasteiger partial charge in [-0.2, -0.15) is 0 Å². The first-order valence-corrected chi connectivity index (χ1v) is 8.42. The first kappa shape index (κ1) is 15.1. The third kappa shape index (κ3) is 2.76. The van der Waals surface area contributed by atoms with Crippen LogP contribution in [-0.4, -0.2) is 26.5 Å². The number of aromatic nitrogens is 3. The molecule has 0 saturated heterocycles. The number of H-pyrrole nitrogens is 1. The summed E-state index contributed by atoms with van der Waals surface area (Å²) in [6.45, 7) is 1.32. The lowest BCUT2D eigenvalue weighted by Crippen LogP contribution is -2.24. The van der Waals surface area contributed by atoms with Gasteiger partial charge < -0.3 is 9.55 Å². The van der Waals surface area contributed by atoms with Crippen molar-refractivity contribution in [3.05, 3.63) is 63.5 Å². The van der Waals surface area contributed by atoms with Crippen LogP contribution in [0.1, 0.15) is 28.9 Å². The number of nitrogens with one attached hydrogen (secondary N) is 1. The van der Waals surface area contributed by atoms with Crippen molar-refractivity contribution in [1.29, 1.82) is 0 Å². The Morgan fingerprint density at radius 3 is 2.75 bits per heavy atom. The number of pyridine rings is 1. The van der Waals surface area contributed by atoms with E-state index in [9.17, 15) is 4.79 Å². The Balaban J connectivity index is 1.62. The highest BCUT2D eigenvalue weighted by Gasteiger charge is 2.14. The highest BCUT2D eigenvalue weighted by Crippen LogP contribution is 2.26. The molecule has 5 heteroatoms. The quantitative estimate of drug-likeness (QED) is 0.802. The molecule has 0 amide bonds. The summed E-state index contributed by atoms with van der Waals surface area (Å²) in [6.07, 6.45) is 7.23. The van der Waals surface area contributed by atoms with Crippen LogP contribution in [-0.2, 0) is 33.0 Å². The van der Waals surface area contributed by atoms with Crippen LogP contribution in [0, 0.1) is 0 Å². The highest BCUT2D eigenvalue weighted by atomic mass is 16.1. The second-order valence-corrected chi connectivity index (χ2v) is 6.81.